The Hall–Kier alpha value is -2.39. The van der Waals surface area contributed by atoms with Gasteiger partial charge in [-0.3, -0.25) is 9.80 Å². The number of hydrogen-bond donors (Lipinski definition) is 2. The number of hydrogen-bond acceptors (Lipinski definition) is 7. The summed E-state index contributed by atoms with van der Waals surface area (Å²) in [5, 5.41) is 9.29. The SMILES string of the molecule is CCOC(=O)C1=C(CN2CCN(Cc3cc(C)no3)CC2)NC(=O)NC1. The molecule has 0 aliphatic carbocycles. The second-order valence-corrected chi connectivity index (χ2v) is 6.47. The first kappa shape index (κ1) is 18.4. The van der Waals surface area contributed by atoms with Crippen molar-refractivity contribution in [2.24, 2.45) is 0 Å². The van der Waals surface area contributed by atoms with Crippen LogP contribution in [0.1, 0.15) is 18.4 Å². The molecule has 1 aromatic rings. The Morgan fingerprint density at radius 3 is 2.58 bits per heavy atom. The first-order valence-corrected chi connectivity index (χ1v) is 8.86. The van der Waals surface area contributed by atoms with E-state index in [1.165, 1.54) is 0 Å². The molecule has 0 atom stereocenters. The van der Waals surface area contributed by atoms with E-state index < -0.39 is 0 Å². The highest BCUT2D eigenvalue weighted by Crippen LogP contribution is 2.13. The van der Waals surface area contributed by atoms with Gasteiger partial charge >= 0.3 is 12.0 Å². The maximum Gasteiger partial charge on any atom is 0.337 e. The summed E-state index contributed by atoms with van der Waals surface area (Å²) in [6, 6.07) is 1.67. The third-order valence-electron chi connectivity index (χ3n) is 4.48. The van der Waals surface area contributed by atoms with Crippen LogP contribution in [0.2, 0.25) is 0 Å². The summed E-state index contributed by atoms with van der Waals surface area (Å²) >= 11 is 0. The predicted octanol–water partition coefficient (Wildman–Crippen LogP) is 0.231. The quantitative estimate of drug-likeness (QED) is 0.698. The van der Waals surface area contributed by atoms with Gasteiger partial charge in [0.05, 0.1) is 31.0 Å². The lowest BCUT2D eigenvalue weighted by Crippen LogP contribution is -2.50. The molecule has 0 bridgehead atoms. The molecular weight excluding hydrogens is 338 g/mol. The molecule has 26 heavy (non-hydrogen) atoms. The standard InChI is InChI=1S/C17H25N5O4/c1-3-25-16(23)14-9-18-17(24)19-15(14)11-22-6-4-21(5-7-22)10-13-8-12(2)20-26-13/h8H,3-7,9-11H2,1-2H3,(H2,18,19,24). The van der Waals surface area contributed by atoms with Crippen molar-refractivity contribution < 1.29 is 18.8 Å². The van der Waals surface area contributed by atoms with Crippen LogP contribution in [0.25, 0.3) is 0 Å². The van der Waals surface area contributed by atoms with E-state index in [4.69, 9.17) is 9.26 Å². The summed E-state index contributed by atoms with van der Waals surface area (Å²) in [6.45, 7) is 8.90. The molecule has 2 aliphatic heterocycles. The minimum absolute atomic E-state index is 0.199. The molecule has 142 valence electrons. The Kier molecular flexibility index (Phi) is 5.89. The molecule has 3 heterocycles. The number of piperazine rings is 1. The van der Waals surface area contributed by atoms with Crippen LogP contribution in [0.15, 0.2) is 21.9 Å². The van der Waals surface area contributed by atoms with E-state index in [0.717, 1.165) is 44.2 Å². The second kappa shape index (κ2) is 8.33. The number of nitrogens with zero attached hydrogens (tertiary/aromatic N) is 3. The van der Waals surface area contributed by atoms with Crippen LogP contribution in [0.4, 0.5) is 4.79 Å². The van der Waals surface area contributed by atoms with E-state index in [2.05, 4.69) is 25.6 Å². The Bertz CT molecular complexity index is 691. The average molecular weight is 363 g/mol. The highest BCUT2D eigenvalue weighted by atomic mass is 16.5. The van der Waals surface area contributed by atoms with Crippen molar-refractivity contribution >= 4 is 12.0 Å². The molecule has 1 saturated heterocycles. The molecule has 0 spiro atoms. The van der Waals surface area contributed by atoms with Crippen LogP contribution >= 0.6 is 0 Å². The molecule has 1 fully saturated rings. The molecule has 9 nitrogen and oxygen atoms in total. The molecule has 0 radical (unpaired) electrons. The van der Waals surface area contributed by atoms with Crippen LogP contribution in [-0.2, 0) is 16.1 Å². The van der Waals surface area contributed by atoms with Crippen molar-refractivity contribution in [3.05, 3.63) is 28.8 Å². The van der Waals surface area contributed by atoms with Crippen molar-refractivity contribution in [3.63, 3.8) is 0 Å². The fraction of sp³-hybridized carbons (Fsp3) is 0.588. The predicted molar refractivity (Wildman–Crippen MR) is 93.2 cm³/mol. The van der Waals surface area contributed by atoms with Gasteiger partial charge in [-0.2, -0.15) is 0 Å². The molecule has 2 aliphatic rings. The van der Waals surface area contributed by atoms with Crippen LogP contribution in [0, 0.1) is 6.92 Å². The molecule has 3 rings (SSSR count). The summed E-state index contributed by atoms with van der Waals surface area (Å²) in [5.41, 5.74) is 2.01. The number of esters is 1. The molecule has 9 heteroatoms. The number of amides is 2. The van der Waals surface area contributed by atoms with Crippen LogP contribution in [0.5, 0.6) is 0 Å². The topological polar surface area (TPSA) is 99.9 Å². The van der Waals surface area contributed by atoms with Crippen LogP contribution in [-0.4, -0.2) is 72.8 Å². The van der Waals surface area contributed by atoms with Crippen molar-refractivity contribution in [2.45, 2.75) is 20.4 Å². The molecule has 2 N–H and O–H groups in total. The first-order valence-electron chi connectivity index (χ1n) is 8.86. The lowest BCUT2D eigenvalue weighted by atomic mass is 10.1. The zero-order chi connectivity index (χ0) is 18.5. The van der Waals surface area contributed by atoms with E-state index in [-0.39, 0.29) is 18.5 Å². The normalized spacial score (nSPS) is 19.2. The third kappa shape index (κ3) is 4.61. The van der Waals surface area contributed by atoms with E-state index in [1.54, 1.807) is 6.92 Å². The molecule has 0 saturated carbocycles. The molecule has 0 aromatic carbocycles. The lowest BCUT2D eigenvalue weighted by molar-refractivity contribution is -0.138. The Balaban J connectivity index is 1.56. The minimum atomic E-state index is -0.380. The highest BCUT2D eigenvalue weighted by molar-refractivity contribution is 5.93. The summed E-state index contributed by atoms with van der Waals surface area (Å²) in [7, 11) is 0. The van der Waals surface area contributed by atoms with Crippen molar-refractivity contribution in [2.75, 3.05) is 45.9 Å². The van der Waals surface area contributed by atoms with Gasteiger partial charge in [0.15, 0.2) is 5.76 Å². The molecular formula is C17H25N5O4. The number of ether oxygens (including phenoxy) is 1. The monoisotopic (exact) mass is 363 g/mol. The number of aromatic nitrogens is 1. The summed E-state index contributed by atoms with van der Waals surface area (Å²) in [4.78, 5) is 28.3. The van der Waals surface area contributed by atoms with E-state index in [0.29, 0.717) is 24.4 Å². The van der Waals surface area contributed by atoms with Crippen molar-refractivity contribution in [1.82, 2.24) is 25.6 Å². The Labute approximate surface area is 152 Å². The van der Waals surface area contributed by atoms with Gasteiger partial charge in [0, 0.05) is 44.5 Å². The van der Waals surface area contributed by atoms with Gasteiger partial charge < -0.3 is 19.9 Å². The average Bonchev–Trinajstić information content (AvgIpc) is 3.02. The number of rotatable bonds is 6. The van der Waals surface area contributed by atoms with Gasteiger partial charge in [-0.15, -0.1) is 0 Å². The number of carbonyl (C=O) groups excluding carboxylic acids is 2. The summed E-state index contributed by atoms with van der Waals surface area (Å²) < 4.78 is 10.4. The fourth-order valence-electron chi connectivity index (χ4n) is 3.12. The van der Waals surface area contributed by atoms with Gasteiger partial charge in [0.1, 0.15) is 0 Å². The zero-order valence-corrected chi connectivity index (χ0v) is 15.2. The summed E-state index contributed by atoms with van der Waals surface area (Å²) in [5.74, 6) is 0.489. The largest absolute Gasteiger partial charge is 0.463 e. The van der Waals surface area contributed by atoms with E-state index >= 15 is 0 Å². The number of carbonyl (C=O) groups is 2. The Morgan fingerprint density at radius 1 is 1.27 bits per heavy atom. The smallest absolute Gasteiger partial charge is 0.337 e. The highest BCUT2D eigenvalue weighted by Gasteiger charge is 2.26. The van der Waals surface area contributed by atoms with Crippen molar-refractivity contribution in [1.29, 1.82) is 0 Å². The molecule has 1 aromatic heterocycles. The number of nitrogens with one attached hydrogen (secondary N) is 2. The van der Waals surface area contributed by atoms with Crippen molar-refractivity contribution in [3.8, 4) is 0 Å². The van der Waals surface area contributed by atoms with E-state index in [9.17, 15) is 9.59 Å². The maximum atomic E-state index is 12.1. The zero-order valence-electron chi connectivity index (χ0n) is 15.2. The van der Waals surface area contributed by atoms with Crippen LogP contribution in [0.3, 0.4) is 0 Å². The second-order valence-electron chi connectivity index (χ2n) is 6.47. The van der Waals surface area contributed by atoms with Gasteiger partial charge in [-0.1, -0.05) is 5.16 Å². The third-order valence-corrected chi connectivity index (χ3v) is 4.48. The Morgan fingerprint density at radius 2 is 1.96 bits per heavy atom. The van der Waals surface area contributed by atoms with E-state index in [1.807, 2.05) is 13.0 Å². The van der Waals surface area contributed by atoms with Gasteiger partial charge in [-0.05, 0) is 13.8 Å². The fourth-order valence-corrected chi connectivity index (χ4v) is 3.12. The lowest BCUT2D eigenvalue weighted by Gasteiger charge is -2.35. The first-order chi connectivity index (χ1) is 12.5. The molecule has 0 unspecified atom stereocenters. The minimum Gasteiger partial charge on any atom is -0.463 e. The van der Waals surface area contributed by atoms with Gasteiger partial charge in [0.25, 0.3) is 0 Å². The number of aryl methyl sites for hydroxylation is 1. The van der Waals surface area contributed by atoms with Crippen LogP contribution < -0.4 is 10.6 Å². The van der Waals surface area contributed by atoms with Gasteiger partial charge in [0.2, 0.25) is 0 Å². The van der Waals surface area contributed by atoms with Gasteiger partial charge in [-0.25, -0.2) is 9.59 Å². The molecule has 2 amide bonds. The summed E-state index contributed by atoms with van der Waals surface area (Å²) in [6.07, 6.45) is 0. The maximum absolute atomic E-state index is 12.1. The number of urea groups is 1.